The number of carbonyl (C=O) groups is 1. The van der Waals surface area contributed by atoms with Crippen molar-refractivity contribution in [2.24, 2.45) is 0 Å². The van der Waals surface area contributed by atoms with Gasteiger partial charge in [0, 0.05) is 19.2 Å². The fraction of sp³-hybridized carbons (Fsp3) is 0.304. The largest absolute Gasteiger partial charge is 0.497 e. The molecule has 4 rings (SSSR count). The van der Waals surface area contributed by atoms with Crippen molar-refractivity contribution in [2.45, 2.75) is 13.0 Å². The van der Waals surface area contributed by atoms with Crippen LogP contribution in [0.4, 0.5) is 0 Å². The van der Waals surface area contributed by atoms with Crippen LogP contribution in [0.2, 0.25) is 0 Å². The summed E-state index contributed by atoms with van der Waals surface area (Å²) in [5.41, 5.74) is 2.63. The van der Waals surface area contributed by atoms with Gasteiger partial charge in [-0.25, -0.2) is 0 Å². The lowest BCUT2D eigenvalue weighted by molar-refractivity contribution is 0.0716. The monoisotopic (exact) mass is 392 g/mol. The van der Waals surface area contributed by atoms with E-state index in [0.29, 0.717) is 35.4 Å². The highest BCUT2D eigenvalue weighted by atomic mass is 16.5. The summed E-state index contributed by atoms with van der Waals surface area (Å²) in [5, 5.41) is 0.448. The molecule has 6 heteroatoms. The van der Waals surface area contributed by atoms with Crippen LogP contribution in [0.15, 0.2) is 51.7 Å². The van der Waals surface area contributed by atoms with Gasteiger partial charge in [0.15, 0.2) is 5.43 Å². The number of fused-ring (bicyclic) bond motifs is 2. The van der Waals surface area contributed by atoms with E-state index < -0.39 is 6.04 Å². The van der Waals surface area contributed by atoms with Crippen molar-refractivity contribution < 1.29 is 13.9 Å². The summed E-state index contributed by atoms with van der Waals surface area (Å²) in [6, 6.07) is 12.6. The SMILES string of the molecule is COc1ccc2c(=O)c3c(oc2c1)C(=O)N(CCN(C)C)[C@H]3c1ccc(C)cc1. The normalized spacial score (nSPS) is 16.0. The molecule has 0 bridgehead atoms. The van der Waals surface area contributed by atoms with Crippen molar-refractivity contribution in [1.29, 1.82) is 0 Å². The number of amides is 1. The Morgan fingerprint density at radius 3 is 2.48 bits per heavy atom. The van der Waals surface area contributed by atoms with Crippen molar-refractivity contribution in [3.63, 3.8) is 0 Å². The second kappa shape index (κ2) is 7.37. The van der Waals surface area contributed by atoms with Gasteiger partial charge in [0.1, 0.15) is 11.3 Å². The van der Waals surface area contributed by atoms with E-state index in [2.05, 4.69) is 0 Å². The molecule has 3 aromatic rings. The molecule has 0 fully saturated rings. The van der Waals surface area contributed by atoms with Gasteiger partial charge in [-0.2, -0.15) is 0 Å². The van der Waals surface area contributed by atoms with Crippen molar-refractivity contribution in [3.8, 4) is 5.75 Å². The van der Waals surface area contributed by atoms with Gasteiger partial charge in [-0.1, -0.05) is 29.8 Å². The Balaban J connectivity index is 1.92. The Labute approximate surface area is 169 Å². The van der Waals surface area contributed by atoms with Crippen molar-refractivity contribution in [2.75, 3.05) is 34.3 Å². The average molecular weight is 392 g/mol. The highest BCUT2D eigenvalue weighted by Crippen LogP contribution is 2.38. The number of methoxy groups -OCH3 is 1. The molecule has 1 aliphatic heterocycles. The summed E-state index contributed by atoms with van der Waals surface area (Å²) in [7, 11) is 5.46. The molecule has 0 unspecified atom stereocenters. The van der Waals surface area contributed by atoms with Crippen LogP contribution >= 0.6 is 0 Å². The molecular weight excluding hydrogens is 368 g/mol. The smallest absolute Gasteiger partial charge is 0.290 e. The van der Waals surface area contributed by atoms with Crippen molar-refractivity contribution in [1.82, 2.24) is 9.80 Å². The Morgan fingerprint density at radius 1 is 1.10 bits per heavy atom. The van der Waals surface area contributed by atoms with E-state index in [1.807, 2.05) is 50.2 Å². The third-order valence-corrected chi connectivity index (χ3v) is 5.36. The molecule has 29 heavy (non-hydrogen) atoms. The topological polar surface area (TPSA) is 63.0 Å². The Morgan fingerprint density at radius 2 is 1.83 bits per heavy atom. The van der Waals surface area contributed by atoms with Gasteiger partial charge in [-0.15, -0.1) is 0 Å². The summed E-state index contributed by atoms with van der Waals surface area (Å²) in [6.07, 6.45) is 0. The first-order valence-electron chi connectivity index (χ1n) is 9.57. The van der Waals surface area contributed by atoms with E-state index in [0.717, 1.165) is 11.1 Å². The first-order valence-corrected chi connectivity index (χ1v) is 9.57. The maximum atomic E-state index is 13.4. The molecule has 0 aliphatic carbocycles. The Kier molecular flexibility index (Phi) is 4.88. The predicted molar refractivity (Wildman–Crippen MR) is 112 cm³/mol. The first kappa shape index (κ1) is 19.2. The minimum absolute atomic E-state index is 0.125. The number of hydrogen-bond donors (Lipinski definition) is 0. The van der Waals surface area contributed by atoms with E-state index in [4.69, 9.17) is 9.15 Å². The molecule has 0 saturated heterocycles. The molecule has 1 atom stereocenters. The molecule has 1 aliphatic rings. The summed E-state index contributed by atoms with van der Waals surface area (Å²) >= 11 is 0. The number of carbonyl (C=O) groups excluding carboxylic acids is 1. The van der Waals surface area contributed by atoms with Gasteiger partial charge in [-0.05, 0) is 38.7 Å². The predicted octanol–water partition coefficient (Wildman–Crippen LogP) is 3.22. The van der Waals surface area contributed by atoms with E-state index >= 15 is 0 Å². The molecular formula is C23H24N2O4. The lowest BCUT2D eigenvalue weighted by Gasteiger charge is -2.26. The number of ether oxygens (including phenoxy) is 1. The van der Waals surface area contributed by atoms with Crippen LogP contribution < -0.4 is 10.2 Å². The number of likely N-dealkylation sites (N-methyl/N-ethyl adjacent to an activating group) is 1. The van der Waals surface area contributed by atoms with Crippen LogP contribution in [0.1, 0.15) is 33.3 Å². The molecule has 2 aromatic carbocycles. The molecule has 1 amide bonds. The van der Waals surface area contributed by atoms with E-state index in [1.54, 1.807) is 30.2 Å². The third kappa shape index (κ3) is 3.29. The molecule has 0 N–H and O–H groups in total. The Bertz CT molecular complexity index is 1130. The van der Waals surface area contributed by atoms with Gasteiger partial charge in [-0.3, -0.25) is 9.59 Å². The zero-order chi connectivity index (χ0) is 20.7. The van der Waals surface area contributed by atoms with Crippen LogP contribution in [0.3, 0.4) is 0 Å². The van der Waals surface area contributed by atoms with Gasteiger partial charge < -0.3 is 19.0 Å². The molecule has 0 radical (unpaired) electrons. The van der Waals surface area contributed by atoms with E-state index in [9.17, 15) is 9.59 Å². The van der Waals surface area contributed by atoms with E-state index in [1.165, 1.54) is 0 Å². The van der Waals surface area contributed by atoms with Gasteiger partial charge >= 0.3 is 0 Å². The van der Waals surface area contributed by atoms with Crippen LogP contribution in [0.25, 0.3) is 11.0 Å². The second-order valence-corrected chi connectivity index (χ2v) is 7.65. The minimum Gasteiger partial charge on any atom is -0.497 e. The summed E-state index contributed by atoms with van der Waals surface area (Å²) < 4.78 is 11.2. The lowest BCUT2D eigenvalue weighted by atomic mass is 9.97. The zero-order valence-electron chi connectivity index (χ0n) is 17.1. The van der Waals surface area contributed by atoms with Crippen LogP contribution in [-0.4, -0.2) is 50.0 Å². The van der Waals surface area contributed by atoms with Crippen molar-refractivity contribution >= 4 is 16.9 Å². The van der Waals surface area contributed by atoms with Gasteiger partial charge in [0.2, 0.25) is 5.76 Å². The fourth-order valence-corrected chi connectivity index (χ4v) is 3.76. The summed E-state index contributed by atoms with van der Waals surface area (Å²) in [5.74, 6) is 0.444. The van der Waals surface area contributed by atoms with Crippen LogP contribution in [0, 0.1) is 6.92 Å². The number of nitrogens with zero attached hydrogens (tertiary/aromatic N) is 2. The second-order valence-electron chi connectivity index (χ2n) is 7.65. The minimum atomic E-state index is -0.458. The number of rotatable bonds is 5. The lowest BCUT2D eigenvalue weighted by Crippen LogP contribution is -2.35. The molecule has 0 saturated carbocycles. The maximum Gasteiger partial charge on any atom is 0.290 e. The number of hydrogen-bond acceptors (Lipinski definition) is 5. The maximum absolute atomic E-state index is 13.4. The zero-order valence-corrected chi connectivity index (χ0v) is 17.1. The molecule has 0 spiro atoms. The van der Waals surface area contributed by atoms with E-state index in [-0.39, 0.29) is 17.1 Å². The van der Waals surface area contributed by atoms with Crippen LogP contribution in [0.5, 0.6) is 5.75 Å². The quantitative estimate of drug-likeness (QED) is 0.667. The molecule has 150 valence electrons. The third-order valence-electron chi connectivity index (χ3n) is 5.36. The first-order chi connectivity index (χ1) is 13.9. The van der Waals surface area contributed by atoms with Gasteiger partial charge in [0.05, 0.1) is 24.1 Å². The highest BCUT2D eigenvalue weighted by molar-refractivity contribution is 5.99. The summed E-state index contributed by atoms with van der Waals surface area (Å²) in [4.78, 5) is 30.4. The average Bonchev–Trinajstić information content (AvgIpc) is 2.99. The fourth-order valence-electron chi connectivity index (χ4n) is 3.76. The standard InChI is InChI=1S/C23H24N2O4/c1-14-5-7-15(8-6-14)20-19-21(26)17-10-9-16(28-4)13-18(17)29-22(19)23(27)25(20)12-11-24(2)3/h5-10,13,20H,11-12H2,1-4H3/t20-/m0/s1. The van der Waals surface area contributed by atoms with Gasteiger partial charge in [0.25, 0.3) is 5.91 Å². The highest BCUT2D eigenvalue weighted by Gasteiger charge is 2.42. The number of aryl methyl sites for hydroxylation is 1. The molecule has 2 heterocycles. The Hall–Kier alpha value is -3.12. The number of benzene rings is 2. The molecule has 6 nitrogen and oxygen atoms in total. The van der Waals surface area contributed by atoms with Crippen molar-refractivity contribution in [3.05, 3.63) is 75.1 Å². The molecule has 1 aromatic heterocycles. The summed E-state index contributed by atoms with van der Waals surface area (Å²) in [6.45, 7) is 3.19. The van der Waals surface area contributed by atoms with Crippen LogP contribution in [-0.2, 0) is 0 Å².